The van der Waals surface area contributed by atoms with Crippen molar-refractivity contribution in [2.24, 2.45) is 16.5 Å². The number of thioether (sulfide) groups is 1. The van der Waals surface area contributed by atoms with Crippen molar-refractivity contribution in [1.82, 2.24) is 0 Å². The highest BCUT2D eigenvalue weighted by Gasteiger charge is 2.04. The van der Waals surface area contributed by atoms with E-state index in [1.807, 2.05) is 6.07 Å². The largest absolute Gasteiger partial charge is 0.358 e. The number of nitrogens with zero attached hydrogens (tertiary/aromatic N) is 1. The molecule has 17 heavy (non-hydrogen) atoms. The maximum Gasteiger partial charge on any atom is 0.358 e. The molecule has 0 saturated heterocycles. The fourth-order valence-electron chi connectivity index (χ4n) is 1.02. The van der Waals surface area contributed by atoms with Crippen molar-refractivity contribution in [2.45, 2.75) is 0 Å². The van der Waals surface area contributed by atoms with Gasteiger partial charge in [-0.3, -0.25) is 10.2 Å². The highest BCUT2D eigenvalue weighted by atomic mass is 32.2. The van der Waals surface area contributed by atoms with Crippen molar-refractivity contribution in [3.8, 4) is 0 Å². The maximum absolute atomic E-state index is 11.6. The van der Waals surface area contributed by atoms with Crippen molar-refractivity contribution < 1.29 is 10.2 Å². The van der Waals surface area contributed by atoms with Gasteiger partial charge in [-0.25, -0.2) is 0 Å². The van der Waals surface area contributed by atoms with Crippen LogP contribution in [0.4, 0.5) is 0 Å². The van der Waals surface area contributed by atoms with Gasteiger partial charge in [0.25, 0.3) is 0 Å². The van der Waals surface area contributed by atoms with Crippen LogP contribution in [0.5, 0.6) is 0 Å². The Morgan fingerprint density at radius 1 is 1.29 bits per heavy atom. The third-order valence-corrected chi connectivity index (χ3v) is 2.31. The van der Waals surface area contributed by atoms with E-state index in [1.165, 1.54) is 11.5 Å². The Bertz CT molecular complexity index is 464. The van der Waals surface area contributed by atoms with Crippen molar-refractivity contribution >= 4 is 28.7 Å². The first kappa shape index (κ1) is 13.0. The van der Waals surface area contributed by atoms with Gasteiger partial charge in [-0.05, 0) is 23.2 Å². The molecule has 0 unspecified atom stereocenters. The Kier molecular flexibility index (Phi) is 4.96. The van der Waals surface area contributed by atoms with Gasteiger partial charge in [-0.15, -0.1) is 0 Å². The Morgan fingerprint density at radius 2 is 1.94 bits per heavy atom. The molecule has 0 saturated carbocycles. The summed E-state index contributed by atoms with van der Waals surface area (Å²) in [6.07, 6.45) is 1.41. The number of ketones is 1. The summed E-state index contributed by atoms with van der Waals surface area (Å²) in [6, 6.07) is 8.92. The molecule has 0 amide bonds. The molecule has 0 atom stereocenters. The molecular formula is C11H13N4OS+. The summed E-state index contributed by atoms with van der Waals surface area (Å²) >= 11 is 1.07. The van der Waals surface area contributed by atoms with Gasteiger partial charge in [-0.1, -0.05) is 30.3 Å². The second-order valence-electron chi connectivity index (χ2n) is 3.03. The Balaban J connectivity index is 2.53. The molecule has 5 nitrogen and oxygen atoms in total. The van der Waals surface area contributed by atoms with E-state index in [-0.39, 0.29) is 16.9 Å². The molecule has 1 rings (SSSR count). The normalized spacial score (nSPS) is 10.1. The Morgan fingerprint density at radius 3 is 2.53 bits per heavy atom. The lowest BCUT2D eigenvalue weighted by Crippen LogP contribution is -2.38. The molecule has 6 N–H and O–H groups in total. The van der Waals surface area contributed by atoms with Crippen LogP contribution in [0, 0.1) is 0 Å². The number of rotatable bonds is 3. The summed E-state index contributed by atoms with van der Waals surface area (Å²) in [5.74, 6) is -0.214. The van der Waals surface area contributed by atoms with Crippen molar-refractivity contribution in [1.29, 1.82) is 0 Å². The van der Waals surface area contributed by atoms with Crippen molar-refractivity contribution in [2.75, 3.05) is 0 Å². The highest BCUT2D eigenvalue weighted by Crippen LogP contribution is 2.06. The molecule has 88 valence electrons. The molecule has 0 aliphatic carbocycles. The molecule has 6 heteroatoms. The summed E-state index contributed by atoms with van der Waals surface area (Å²) in [7, 11) is 0. The molecule has 0 spiro atoms. The molecule has 0 fully saturated rings. The maximum atomic E-state index is 11.6. The first-order valence-electron chi connectivity index (χ1n) is 4.74. The van der Waals surface area contributed by atoms with E-state index in [0.29, 0.717) is 5.56 Å². The first-order chi connectivity index (χ1) is 8.09. The van der Waals surface area contributed by atoms with Gasteiger partial charge in [-0.2, -0.15) is 0 Å². The first-order valence-corrected chi connectivity index (χ1v) is 5.62. The number of amidine groups is 1. The molecule has 0 aromatic heterocycles. The molecular weight excluding hydrogens is 236 g/mol. The summed E-state index contributed by atoms with van der Waals surface area (Å²) in [5, 5.41) is 7.19. The van der Waals surface area contributed by atoms with E-state index in [2.05, 4.69) is 4.99 Å². The van der Waals surface area contributed by atoms with Gasteiger partial charge in [0.05, 0.1) is 0 Å². The van der Waals surface area contributed by atoms with Gasteiger partial charge in [0.15, 0.2) is 5.78 Å². The van der Waals surface area contributed by atoms with Crippen molar-refractivity contribution in [3.05, 3.63) is 47.4 Å². The number of hydrogen-bond donors (Lipinski definition) is 3. The average Bonchev–Trinajstić information content (AvgIpc) is 2.29. The van der Waals surface area contributed by atoms with E-state index in [4.69, 9.17) is 16.9 Å². The van der Waals surface area contributed by atoms with Crippen LogP contribution in [0.1, 0.15) is 10.4 Å². The number of guanidine groups is 1. The van der Waals surface area contributed by atoms with Crippen LogP contribution < -0.4 is 16.9 Å². The molecule has 0 heterocycles. The van der Waals surface area contributed by atoms with E-state index in [1.54, 1.807) is 24.3 Å². The summed E-state index contributed by atoms with van der Waals surface area (Å²) in [5.41, 5.74) is 10.9. The van der Waals surface area contributed by atoms with Crippen LogP contribution in [0.25, 0.3) is 0 Å². The van der Waals surface area contributed by atoms with Crippen molar-refractivity contribution in [3.63, 3.8) is 0 Å². The van der Waals surface area contributed by atoms with E-state index in [0.717, 1.165) is 11.8 Å². The van der Waals surface area contributed by atoms with Gasteiger partial charge in [0, 0.05) is 10.6 Å². The van der Waals surface area contributed by atoms with Gasteiger partial charge >= 0.3 is 11.1 Å². The van der Waals surface area contributed by atoms with E-state index < -0.39 is 0 Å². The molecule has 1 aromatic carbocycles. The quantitative estimate of drug-likeness (QED) is 0.290. The van der Waals surface area contributed by atoms with Crippen LogP contribution in [0.2, 0.25) is 0 Å². The number of aliphatic imine (C=N–C) groups is 1. The van der Waals surface area contributed by atoms with Crippen LogP contribution >= 0.6 is 11.8 Å². The van der Waals surface area contributed by atoms with Crippen LogP contribution in [0.3, 0.4) is 0 Å². The summed E-state index contributed by atoms with van der Waals surface area (Å²) < 4.78 is 0. The Labute approximate surface area is 103 Å². The number of benzene rings is 1. The zero-order valence-corrected chi connectivity index (χ0v) is 9.85. The summed E-state index contributed by atoms with van der Waals surface area (Å²) in [4.78, 5) is 15.2. The second kappa shape index (κ2) is 6.49. The second-order valence-corrected chi connectivity index (χ2v) is 3.95. The predicted molar refractivity (Wildman–Crippen MR) is 70.2 cm³/mol. The average molecular weight is 249 g/mol. The lowest BCUT2D eigenvalue weighted by atomic mass is 10.1. The lowest BCUT2D eigenvalue weighted by molar-refractivity contribution is -0.109. The molecule has 0 bridgehead atoms. The van der Waals surface area contributed by atoms with Gasteiger partial charge in [0.2, 0.25) is 0 Å². The smallest absolute Gasteiger partial charge is 0.348 e. The minimum atomic E-state index is -0.113. The molecule has 0 radical (unpaired) electrons. The third-order valence-electron chi connectivity index (χ3n) is 1.71. The van der Waals surface area contributed by atoms with E-state index >= 15 is 0 Å². The number of allylic oxidation sites excluding steroid dienone is 1. The topological polar surface area (TPSA) is 107 Å². The molecule has 1 aromatic rings. The minimum absolute atomic E-state index is 0.101. The lowest BCUT2D eigenvalue weighted by Gasteiger charge is -1.92. The minimum Gasteiger partial charge on any atom is -0.348 e. The van der Waals surface area contributed by atoms with Gasteiger partial charge < -0.3 is 11.5 Å². The third kappa shape index (κ3) is 4.98. The zero-order valence-electron chi connectivity index (χ0n) is 9.04. The summed E-state index contributed by atoms with van der Waals surface area (Å²) in [6.45, 7) is 0. The monoisotopic (exact) mass is 249 g/mol. The molecule has 0 aliphatic rings. The Hall–Kier alpha value is -2.08. The zero-order chi connectivity index (χ0) is 12.7. The number of hydrogen-bond acceptors (Lipinski definition) is 2. The highest BCUT2D eigenvalue weighted by molar-refractivity contribution is 8.16. The van der Waals surface area contributed by atoms with E-state index in [9.17, 15) is 4.79 Å². The number of carbonyl (C=O) groups is 1. The SMILES string of the molecule is NC(N)=NC(=[NH2+])S/C=C\C(=O)c1ccccc1. The fourth-order valence-corrected chi connectivity index (χ4v) is 1.51. The number of nitrogens with two attached hydrogens (primary N) is 3. The van der Waals surface area contributed by atoms with Crippen LogP contribution in [0.15, 0.2) is 46.8 Å². The fraction of sp³-hybridized carbons (Fsp3) is 0. The standard InChI is InChI=1S/C11H12N4OS/c12-10(13)15-11(14)17-7-6-9(16)8-4-2-1-3-5-8/h1-7H,(H5,12,13,14,15)/p+1/b7-6-. The molecule has 0 aliphatic heterocycles. The van der Waals surface area contributed by atoms with Crippen LogP contribution in [-0.4, -0.2) is 16.9 Å². The van der Waals surface area contributed by atoms with Crippen LogP contribution in [-0.2, 0) is 0 Å². The number of carbonyl (C=O) groups excluding carboxylic acids is 1. The van der Waals surface area contributed by atoms with Gasteiger partial charge in [0.1, 0.15) is 0 Å². The predicted octanol–water partition coefficient (Wildman–Crippen LogP) is -0.495.